The maximum atomic E-state index is 12.1. The number of hydrogen-bond donors (Lipinski definition) is 1. The summed E-state index contributed by atoms with van der Waals surface area (Å²) in [7, 11) is -3.78. The lowest BCUT2D eigenvalue weighted by Crippen LogP contribution is -2.33. The molecular formula is C16H25ClN2O6S. The summed E-state index contributed by atoms with van der Waals surface area (Å²) >= 11 is 0. The molecule has 1 aromatic heterocycles. The summed E-state index contributed by atoms with van der Waals surface area (Å²) < 4.78 is 33.7. The van der Waals surface area contributed by atoms with Crippen LogP contribution in [0.25, 0.3) is 0 Å². The van der Waals surface area contributed by atoms with Crippen LogP contribution in [-0.4, -0.2) is 44.2 Å². The van der Waals surface area contributed by atoms with Gasteiger partial charge in [-0.2, -0.15) is 8.42 Å². The third-order valence-corrected chi connectivity index (χ3v) is 4.44. The molecule has 0 aliphatic carbocycles. The highest BCUT2D eigenvalue weighted by Crippen LogP contribution is 2.20. The molecule has 0 saturated heterocycles. The SMILES string of the molecule is CC(=O)NCCCS(=O)(=O)OCC(C)(C)C(=O)OCc1ccccn1.Cl. The Labute approximate surface area is 160 Å². The molecular weight excluding hydrogens is 384 g/mol. The Kier molecular flexibility index (Phi) is 10.4. The van der Waals surface area contributed by atoms with Gasteiger partial charge in [-0.15, -0.1) is 12.4 Å². The maximum absolute atomic E-state index is 12.1. The number of esters is 1. The lowest BCUT2D eigenvalue weighted by Gasteiger charge is -2.22. The van der Waals surface area contributed by atoms with E-state index in [0.717, 1.165) is 0 Å². The average Bonchev–Trinajstić information content (AvgIpc) is 2.56. The van der Waals surface area contributed by atoms with Crippen LogP contribution in [0.5, 0.6) is 0 Å². The molecule has 148 valence electrons. The lowest BCUT2D eigenvalue weighted by atomic mass is 9.95. The molecule has 0 radical (unpaired) electrons. The molecule has 0 fully saturated rings. The van der Waals surface area contributed by atoms with Gasteiger partial charge in [0.25, 0.3) is 10.1 Å². The van der Waals surface area contributed by atoms with Gasteiger partial charge in [0.15, 0.2) is 0 Å². The molecule has 8 nitrogen and oxygen atoms in total. The van der Waals surface area contributed by atoms with E-state index in [0.29, 0.717) is 5.69 Å². The fraction of sp³-hybridized carbons (Fsp3) is 0.562. The van der Waals surface area contributed by atoms with E-state index in [1.165, 1.54) is 6.92 Å². The number of ether oxygens (including phenoxy) is 1. The summed E-state index contributed by atoms with van der Waals surface area (Å²) in [5.74, 6) is -1.05. The van der Waals surface area contributed by atoms with Gasteiger partial charge in [0.05, 0.1) is 23.5 Å². The molecule has 26 heavy (non-hydrogen) atoms. The molecule has 0 atom stereocenters. The highest BCUT2D eigenvalue weighted by atomic mass is 35.5. The van der Waals surface area contributed by atoms with Gasteiger partial charge < -0.3 is 10.1 Å². The molecule has 0 unspecified atom stereocenters. The van der Waals surface area contributed by atoms with Gasteiger partial charge in [0.2, 0.25) is 5.91 Å². The Morgan fingerprint density at radius 2 is 1.96 bits per heavy atom. The number of rotatable bonds is 10. The molecule has 0 aliphatic heterocycles. The van der Waals surface area contributed by atoms with Crippen molar-refractivity contribution in [3.8, 4) is 0 Å². The summed E-state index contributed by atoms with van der Waals surface area (Å²) in [6.07, 6.45) is 1.82. The number of amides is 1. The smallest absolute Gasteiger partial charge is 0.314 e. The quantitative estimate of drug-likeness (QED) is 0.354. The predicted octanol–water partition coefficient (Wildman–Crippen LogP) is 1.45. The minimum absolute atomic E-state index is 0. The molecule has 0 aromatic carbocycles. The number of hydrogen-bond acceptors (Lipinski definition) is 7. The highest BCUT2D eigenvalue weighted by Gasteiger charge is 2.32. The van der Waals surface area contributed by atoms with E-state index in [-0.39, 0.29) is 50.2 Å². The number of carbonyl (C=O) groups is 2. The zero-order chi connectivity index (χ0) is 18.9. The van der Waals surface area contributed by atoms with Crippen LogP contribution in [0.1, 0.15) is 32.9 Å². The first kappa shape index (κ1) is 24.3. The van der Waals surface area contributed by atoms with Crippen LogP contribution in [0.15, 0.2) is 24.4 Å². The molecule has 1 rings (SSSR count). The van der Waals surface area contributed by atoms with Crippen LogP contribution in [0.4, 0.5) is 0 Å². The minimum Gasteiger partial charge on any atom is -0.459 e. The van der Waals surface area contributed by atoms with E-state index in [9.17, 15) is 18.0 Å². The number of aromatic nitrogens is 1. The van der Waals surface area contributed by atoms with E-state index in [2.05, 4.69) is 10.3 Å². The second kappa shape index (κ2) is 11.1. The first-order valence-corrected chi connectivity index (χ1v) is 9.39. The van der Waals surface area contributed by atoms with Crippen LogP contribution >= 0.6 is 12.4 Å². The number of nitrogens with zero attached hydrogens (tertiary/aromatic N) is 1. The maximum Gasteiger partial charge on any atom is 0.314 e. The Morgan fingerprint density at radius 1 is 1.27 bits per heavy atom. The molecule has 1 heterocycles. The van der Waals surface area contributed by atoms with Crippen molar-refractivity contribution in [3.05, 3.63) is 30.1 Å². The van der Waals surface area contributed by atoms with Crippen molar-refractivity contribution in [1.29, 1.82) is 0 Å². The molecule has 0 aliphatic rings. The van der Waals surface area contributed by atoms with Gasteiger partial charge in [-0.1, -0.05) is 6.07 Å². The largest absolute Gasteiger partial charge is 0.459 e. The summed E-state index contributed by atoms with van der Waals surface area (Å²) in [5.41, 5.74) is -0.530. The van der Waals surface area contributed by atoms with Crippen molar-refractivity contribution in [3.63, 3.8) is 0 Å². The summed E-state index contributed by atoms with van der Waals surface area (Å²) in [6, 6.07) is 5.24. The van der Waals surface area contributed by atoms with Crippen molar-refractivity contribution in [2.24, 2.45) is 5.41 Å². The van der Waals surface area contributed by atoms with Gasteiger partial charge in [0.1, 0.15) is 6.61 Å². The van der Waals surface area contributed by atoms with E-state index in [1.54, 1.807) is 38.2 Å². The zero-order valence-electron chi connectivity index (χ0n) is 15.1. The molecule has 0 bridgehead atoms. The third-order valence-electron chi connectivity index (χ3n) is 3.17. The summed E-state index contributed by atoms with van der Waals surface area (Å²) in [4.78, 5) is 26.9. The van der Waals surface area contributed by atoms with Crippen LogP contribution in [0.3, 0.4) is 0 Å². The van der Waals surface area contributed by atoms with Gasteiger partial charge in [-0.3, -0.25) is 18.8 Å². The van der Waals surface area contributed by atoms with Crippen LogP contribution in [-0.2, 0) is 35.2 Å². The van der Waals surface area contributed by atoms with E-state index in [4.69, 9.17) is 8.92 Å². The van der Waals surface area contributed by atoms with Gasteiger partial charge in [-0.05, 0) is 32.4 Å². The van der Waals surface area contributed by atoms with Crippen molar-refractivity contribution in [2.45, 2.75) is 33.8 Å². The average molecular weight is 409 g/mol. The lowest BCUT2D eigenvalue weighted by molar-refractivity contribution is -0.157. The highest BCUT2D eigenvalue weighted by molar-refractivity contribution is 7.86. The monoisotopic (exact) mass is 408 g/mol. The predicted molar refractivity (Wildman–Crippen MR) is 98.1 cm³/mol. The Balaban J connectivity index is 0.00000625. The minimum atomic E-state index is -3.78. The third kappa shape index (κ3) is 9.69. The zero-order valence-corrected chi connectivity index (χ0v) is 16.7. The van der Waals surface area contributed by atoms with Crippen molar-refractivity contribution < 1.29 is 26.9 Å². The number of pyridine rings is 1. The molecule has 1 amide bonds. The van der Waals surface area contributed by atoms with Crippen LogP contribution < -0.4 is 5.32 Å². The fourth-order valence-electron chi connectivity index (χ4n) is 1.69. The van der Waals surface area contributed by atoms with Crippen molar-refractivity contribution in [1.82, 2.24) is 10.3 Å². The van der Waals surface area contributed by atoms with Gasteiger partial charge >= 0.3 is 5.97 Å². The van der Waals surface area contributed by atoms with Crippen LogP contribution in [0.2, 0.25) is 0 Å². The second-order valence-corrected chi connectivity index (χ2v) is 7.90. The molecule has 1 N–H and O–H groups in total. The van der Waals surface area contributed by atoms with Crippen molar-refractivity contribution in [2.75, 3.05) is 18.9 Å². The molecule has 0 spiro atoms. The standard InChI is InChI=1S/C16H24N2O6S.ClH/c1-13(19)17-9-6-10-25(21,22)24-12-16(2,3)15(20)23-11-14-7-4-5-8-18-14;/h4-5,7-8H,6,9-12H2,1-3H3,(H,17,19);1H. The Hall–Kier alpha value is -1.71. The fourth-order valence-corrected chi connectivity index (χ4v) is 2.78. The van der Waals surface area contributed by atoms with Crippen LogP contribution in [0, 0.1) is 5.41 Å². The Morgan fingerprint density at radius 3 is 2.54 bits per heavy atom. The first-order valence-electron chi connectivity index (χ1n) is 7.81. The van der Waals surface area contributed by atoms with Gasteiger partial charge in [0, 0.05) is 19.7 Å². The summed E-state index contributed by atoms with van der Waals surface area (Å²) in [6.45, 7) is 4.36. The number of nitrogens with one attached hydrogen (secondary N) is 1. The second-order valence-electron chi connectivity index (χ2n) is 6.14. The molecule has 1 aromatic rings. The molecule has 0 saturated carbocycles. The normalized spacial score (nSPS) is 11.3. The summed E-state index contributed by atoms with van der Waals surface area (Å²) in [5, 5.41) is 2.50. The number of carbonyl (C=O) groups excluding carboxylic acids is 2. The molecule has 10 heteroatoms. The van der Waals surface area contributed by atoms with Crippen molar-refractivity contribution >= 4 is 34.4 Å². The van der Waals surface area contributed by atoms with E-state index < -0.39 is 21.5 Å². The van der Waals surface area contributed by atoms with E-state index in [1.807, 2.05) is 0 Å². The Bertz CT molecular complexity index is 679. The van der Waals surface area contributed by atoms with Gasteiger partial charge in [-0.25, -0.2) is 0 Å². The first-order chi connectivity index (χ1) is 11.6. The van der Waals surface area contributed by atoms with E-state index >= 15 is 0 Å². The topological polar surface area (TPSA) is 112 Å². The number of halogens is 1.